The average Bonchev–Trinajstić information content (AvgIpc) is 2.47. The van der Waals surface area contributed by atoms with Gasteiger partial charge in [0.05, 0.1) is 5.69 Å². The zero-order valence-electron chi connectivity index (χ0n) is 8.45. The molecule has 5 nitrogen and oxygen atoms in total. The molecule has 0 aliphatic rings. The van der Waals surface area contributed by atoms with Crippen LogP contribution < -0.4 is 0 Å². The van der Waals surface area contributed by atoms with Crippen molar-refractivity contribution in [2.45, 2.75) is 32.5 Å². The number of rotatable bonds is 4. The highest BCUT2D eigenvalue weighted by Gasteiger charge is 2.31. The van der Waals surface area contributed by atoms with Crippen LogP contribution in [0.4, 0.5) is 13.2 Å². The van der Waals surface area contributed by atoms with Crippen molar-refractivity contribution in [3.8, 4) is 0 Å². The van der Waals surface area contributed by atoms with Crippen molar-refractivity contribution in [3.05, 3.63) is 11.4 Å². The number of alkyl halides is 3. The van der Waals surface area contributed by atoms with Crippen LogP contribution in [0.1, 0.15) is 29.5 Å². The van der Waals surface area contributed by atoms with E-state index in [4.69, 9.17) is 5.11 Å². The molecule has 90 valence electrons. The van der Waals surface area contributed by atoms with E-state index in [0.29, 0.717) is 11.1 Å². The molecule has 1 rings (SSSR count). The lowest BCUT2D eigenvalue weighted by atomic mass is 10.2. The summed E-state index contributed by atoms with van der Waals surface area (Å²) in [4.78, 5) is 10.7. The molecule has 0 bridgehead atoms. The van der Waals surface area contributed by atoms with E-state index >= 15 is 0 Å². The highest BCUT2D eigenvalue weighted by molar-refractivity contribution is 5.86. The molecule has 8 heteroatoms. The highest BCUT2D eigenvalue weighted by Crippen LogP contribution is 2.19. The first-order valence-electron chi connectivity index (χ1n) is 4.57. The molecule has 0 spiro atoms. The number of hydrogen-bond acceptors (Lipinski definition) is 3. The quantitative estimate of drug-likeness (QED) is 0.861. The van der Waals surface area contributed by atoms with Gasteiger partial charge in [-0.3, -0.25) is 0 Å². The lowest BCUT2D eigenvalue weighted by Gasteiger charge is -2.08. The van der Waals surface area contributed by atoms with Crippen molar-refractivity contribution >= 4 is 5.97 Å². The average molecular weight is 237 g/mol. The number of aromatic nitrogens is 3. The number of carboxylic acids is 1. The van der Waals surface area contributed by atoms with Crippen molar-refractivity contribution < 1.29 is 23.1 Å². The first-order chi connectivity index (χ1) is 7.35. The Hall–Kier alpha value is -1.60. The first kappa shape index (κ1) is 12.5. The molecule has 0 saturated carbocycles. The van der Waals surface area contributed by atoms with E-state index in [1.807, 2.05) is 0 Å². The normalized spacial score (nSPS) is 11.8. The van der Waals surface area contributed by atoms with Gasteiger partial charge in [0.2, 0.25) is 0 Å². The fraction of sp³-hybridized carbons (Fsp3) is 0.625. The lowest BCUT2D eigenvalue weighted by molar-refractivity contribution is -0.143. The van der Waals surface area contributed by atoms with Crippen LogP contribution in [-0.4, -0.2) is 32.2 Å². The summed E-state index contributed by atoms with van der Waals surface area (Å²) in [5.74, 6) is -1.36. The Bertz CT molecular complexity index is 386. The minimum atomic E-state index is -4.44. The minimum absolute atomic E-state index is 0.00678. The van der Waals surface area contributed by atoms with Crippen LogP contribution in [0.15, 0.2) is 0 Å². The molecule has 1 N–H and O–H groups in total. The second-order valence-corrected chi connectivity index (χ2v) is 3.21. The van der Waals surface area contributed by atoms with Gasteiger partial charge in [-0.25, -0.2) is 9.48 Å². The van der Waals surface area contributed by atoms with E-state index in [1.54, 1.807) is 6.92 Å². The molecule has 1 aromatic heterocycles. The number of aromatic carboxylic acids is 1. The molecule has 0 atom stereocenters. The molecule has 1 aromatic rings. The van der Waals surface area contributed by atoms with Crippen molar-refractivity contribution in [1.29, 1.82) is 0 Å². The smallest absolute Gasteiger partial charge is 0.408 e. The molecule has 1 heterocycles. The van der Waals surface area contributed by atoms with E-state index in [1.165, 1.54) is 0 Å². The van der Waals surface area contributed by atoms with Gasteiger partial charge in [0.25, 0.3) is 0 Å². The summed E-state index contributed by atoms with van der Waals surface area (Å²) in [6.07, 6.45) is -3.72. The fourth-order valence-electron chi connectivity index (χ4n) is 1.28. The molecule has 16 heavy (non-hydrogen) atoms. The molecule has 0 amide bonds. The van der Waals surface area contributed by atoms with Crippen molar-refractivity contribution in [2.24, 2.45) is 0 Å². The summed E-state index contributed by atoms with van der Waals surface area (Å²) in [6.45, 7) is 0.416. The van der Waals surface area contributed by atoms with Gasteiger partial charge in [0.1, 0.15) is 6.54 Å². The van der Waals surface area contributed by atoms with E-state index in [9.17, 15) is 18.0 Å². The molecule has 0 aliphatic heterocycles. The van der Waals surface area contributed by atoms with Crippen LogP contribution in [0.25, 0.3) is 0 Å². The molecular formula is C8H10F3N3O2. The van der Waals surface area contributed by atoms with Crippen molar-refractivity contribution in [3.63, 3.8) is 0 Å². The Balaban J connectivity index is 3.05. The number of nitrogens with zero attached hydrogens (tertiary/aromatic N) is 3. The molecule has 0 fully saturated rings. The maximum absolute atomic E-state index is 12.1. The third kappa shape index (κ3) is 2.94. The van der Waals surface area contributed by atoms with Crippen LogP contribution >= 0.6 is 0 Å². The first-order valence-corrected chi connectivity index (χ1v) is 4.57. The third-order valence-corrected chi connectivity index (χ3v) is 1.86. The minimum Gasteiger partial charge on any atom is -0.476 e. The van der Waals surface area contributed by atoms with E-state index in [0.717, 1.165) is 0 Å². The molecule has 0 aliphatic carbocycles. The molecule has 0 radical (unpaired) electrons. The van der Waals surface area contributed by atoms with Crippen LogP contribution in [0.2, 0.25) is 0 Å². The predicted octanol–water partition coefficient (Wildman–Crippen LogP) is 1.49. The second-order valence-electron chi connectivity index (χ2n) is 3.21. The number of hydrogen-bond donors (Lipinski definition) is 1. The van der Waals surface area contributed by atoms with Crippen molar-refractivity contribution in [1.82, 2.24) is 15.0 Å². The van der Waals surface area contributed by atoms with Gasteiger partial charge in [-0.15, -0.1) is 5.10 Å². The van der Waals surface area contributed by atoms with E-state index < -0.39 is 24.4 Å². The number of halogens is 3. The zero-order valence-corrected chi connectivity index (χ0v) is 8.45. The summed E-state index contributed by atoms with van der Waals surface area (Å²) in [5.41, 5.74) is -0.404. The third-order valence-electron chi connectivity index (χ3n) is 1.86. The summed E-state index contributed by atoms with van der Waals surface area (Å²) >= 11 is 0. The van der Waals surface area contributed by atoms with Gasteiger partial charge in [-0.1, -0.05) is 18.6 Å². The Kier molecular flexibility index (Phi) is 3.51. The van der Waals surface area contributed by atoms with E-state index in [-0.39, 0.29) is 12.1 Å². The second kappa shape index (κ2) is 4.50. The van der Waals surface area contributed by atoms with Gasteiger partial charge < -0.3 is 5.11 Å². The summed E-state index contributed by atoms with van der Waals surface area (Å²) < 4.78 is 37.0. The zero-order chi connectivity index (χ0) is 12.3. The van der Waals surface area contributed by atoms with Gasteiger partial charge in [-0.05, 0) is 6.42 Å². The Morgan fingerprint density at radius 1 is 1.50 bits per heavy atom. The van der Waals surface area contributed by atoms with Gasteiger partial charge in [0, 0.05) is 0 Å². The molecule has 0 saturated heterocycles. The maximum Gasteiger partial charge on any atom is 0.408 e. The van der Waals surface area contributed by atoms with Gasteiger partial charge >= 0.3 is 12.1 Å². The maximum atomic E-state index is 12.1. The summed E-state index contributed by atoms with van der Waals surface area (Å²) in [7, 11) is 0. The molecule has 0 aromatic carbocycles. The lowest BCUT2D eigenvalue weighted by Crippen LogP contribution is -2.21. The Morgan fingerprint density at radius 2 is 2.12 bits per heavy atom. The number of carboxylic acid groups (broad SMARTS) is 1. The fourth-order valence-corrected chi connectivity index (χ4v) is 1.28. The molecule has 0 unspecified atom stereocenters. The largest absolute Gasteiger partial charge is 0.476 e. The molecular weight excluding hydrogens is 227 g/mol. The van der Waals surface area contributed by atoms with Crippen LogP contribution in [0, 0.1) is 0 Å². The predicted molar refractivity (Wildman–Crippen MR) is 47.0 cm³/mol. The standard InChI is InChI=1S/C8H10F3N3O2/c1-2-3-5-6(7(15)16)12-13-14(5)4-8(9,10)11/h2-4H2,1H3,(H,15,16). The van der Waals surface area contributed by atoms with E-state index in [2.05, 4.69) is 10.3 Å². The number of carbonyl (C=O) groups is 1. The SMILES string of the molecule is CCCc1c(C(=O)O)nnn1CC(F)(F)F. The Morgan fingerprint density at radius 3 is 2.56 bits per heavy atom. The van der Waals surface area contributed by atoms with Crippen LogP contribution in [0.5, 0.6) is 0 Å². The highest BCUT2D eigenvalue weighted by atomic mass is 19.4. The summed E-state index contributed by atoms with van der Waals surface area (Å²) in [6, 6.07) is 0. The monoisotopic (exact) mass is 237 g/mol. The van der Waals surface area contributed by atoms with Crippen molar-refractivity contribution in [2.75, 3.05) is 0 Å². The summed E-state index contributed by atoms with van der Waals surface area (Å²) in [5, 5.41) is 15.1. The topological polar surface area (TPSA) is 68.0 Å². The Labute approximate surface area is 88.9 Å². The van der Waals surface area contributed by atoms with Crippen LogP contribution in [0.3, 0.4) is 0 Å². The van der Waals surface area contributed by atoms with Gasteiger partial charge in [-0.2, -0.15) is 13.2 Å². The van der Waals surface area contributed by atoms with Crippen LogP contribution in [-0.2, 0) is 13.0 Å². The van der Waals surface area contributed by atoms with Gasteiger partial charge in [0.15, 0.2) is 5.69 Å².